The van der Waals surface area contributed by atoms with Gasteiger partial charge in [-0.1, -0.05) is 19.9 Å². The van der Waals surface area contributed by atoms with Crippen LogP contribution >= 0.6 is 0 Å². The van der Waals surface area contributed by atoms with Gasteiger partial charge >= 0.3 is 0 Å². The van der Waals surface area contributed by atoms with E-state index in [1.807, 2.05) is 6.92 Å². The first-order valence-corrected chi connectivity index (χ1v) is 11.3. The van der Waals surface area contributed by atoms with Crippen molar-refractivity contribution in [3.8, 4) is 5.75 Å². The Labute approximate surface area is 195 Å². The molecule has 4 rings (SSSR count). The number of aromatic hydroxyl groups is 1. The molecular formula is C24H28F2N4O4. The Morgan fingerprint density at radius 3 is 2.68 bits per heavy atom. The van der Waals surface area contributed by atoms with Crippen LogP contribution in [-0.4, -0.2) is 56.6 Å². The number of nitrogens with one attached hydrogen (secondary N) is 1. The number of aromatic nitrogens is 1. The monoisotopic (exact) mass is 474 g/mol. The van der Waals surface area contributed by atoms with Gasteiger partial charge in [0.1, 0.15) is 23.4 Å². The van der Waals surface area contributed by atoms with Crippen LogP contribution in [0.5, 0.6) is 5.75 Å². The third kappa shape index (κ3) is 4.29. The Hall–Kier alpha value is -3.27. The van der Waals surface area contributed by atoms with Crippen LogP contribution in [0.3, 0.4) is 0 Å². The molecule has 1 aromatic carbocycles. The SMILES string of the molecule is CC(C)CN1CC[C@H](C)N2C(=O)c3c(O)c(=O)c(C(=O)NCc4ccc(F)cc4F)cn3C[C@@H]12. The summed E-state index contributed by atoms with van der Waals surface area (Å²) >= 11 is 0. The number of fused-ring (bicyclic) bond motifs is 2. The molecule has 0 aliphatic carbocycles. The Morgan fingerprint density at radius 2 is 2.00 bits per heavy atom. The van der Waals surface area contributed by atoms with E-state index in [4.69, 9.17) is 0 Å². The van der Waals surface area contributed by atoms with Gasteiger partial charge in [0.05, 0.1) is 6.54 Å². The minimum atomic E-state index is -0.973. The zero-order chi connectivity index (χ0) is 24.7. The Balaban J connectivity index is 1.65. The first kappa shape index (κ1) is 23.9. The number of benzene rings is 1. The number of amides is 2. The van der Waals surface area contributed by atoms with Gasteiger partial charge in [0.2, 0.25) is 5.43 Å². The molecule has 0 saturated carbocycles. The van der Waals surface area contributed by atoms with Crippen LogP contribution in [0.25, 0.3) is 0 Å². The fraction of sp³-hybridized carbons (Fsp3) is 0.458. The summed E-state index contributed by atoms with van der Waals surface area (Å²) in [6.45, 7) is 7.73. The van der Waals surface area contributed by atoms with E-state index in [1.165, 1.54) is 16.8 Å². The number of rotatable bonds is 5. The number of carbonyl (C=O) groups excluding carboxylic acids is 2. The lowest BCUT2D eigenvalue weighted by atomic mass is 10.0. The predicted molar refractivity (Wildman–Crippen MR) is 120 cm³/mol. The summed E-state index contributed by atoms with van der Waals surface area (Å²) in [6, 6.07) is 2.91. The molecule has 1 aromatic heterocycles. The van der Waals surface area contributed by atoms with Crippen molar-refractivity contribution in [1.29, 1.82) is 0 Å². The highest BCUT2D eigenvalue weighted by molar-refractivity contribution is 5.99. The van der Waals surface area contributed by atoms with Crippen molar-refractivity contribution in [3.05, 3.63) is 63.1 Å². The second-order valence-electron chi connectivity index (χ2n) is 9.36. The van der Waals surface area contributed by atoms with Gasteiger partial charge in [-0.05, 0) is 25.3 Å². The van der Waals surface area contributed by atoms with Crippen molar-refractivity contribution in [2.45, 2.75) is 52.5 Å². The molecule has 2 N–H and O–H groups in total. The largest absolute Gasteiger partial charge is 0.503 e. The molecule has 2 aliphatic heterocycles. The summed E-state index contributed by atoms with van der Waals surface area (Å²) in [5.74, 6) is -3.25. The Kier molecular flexibility index (Phi) is 6.44. The van der Waals surface area contributed by atoms with E-state index in [1.54, 1.807) is 4.90 Å². The maximum Gasteiger partial charge on any atom is 0.276 e. The first-order chi connectivity index (χ1) is 16.1. The topological polar surface area (TPSA) is 94.9 Å². The molecule has 182 valence electrons. The zero-order valence-corrected chi connectivity index (χ0v) is 19.3. The molecule has 3 heterocycles. The predicted octanol–water partition coefficient (Wildman–Crippen LogP) is 2.29. The van der Waals surface area contributed by atoms with E-state index in [9.17, 15) is 28.3 Å². The molecule has 2 atom stereocenters. The molecule has 8 nitrogen and oxygen atoms in total. The highest BCUT2D eigenvalue weighted by Gasteiger charge is 2.43. The molecule has 0 radical (unpaired) electrons. The maximum atomic E-state index is 13.9. The van der Waals surface area contributed by atoms with Gasteiger partial charge in [0, 0.05) is 43.5 Å². The third-order valence-electron chi connectivity index (χ3n) is 6.40. The summed E-state index contributed by atoms with van der Waals surface area (Å²) in [5, 5.41) is 13.0. The number of halogens is 2. The third-order valence-corrected chi connectivity index (χ3v) is 6.40. The molecule has 1 fully saturated rings. The van der Waals surface area contributed by atoms with Crippen molar-refractivity contribution in [2.75, 3.05) is 13.1 Å². The van der Waals surface area contributed by atoms with Gasteiger partial charge in [-0.15, -0.1) is 0 Å². The standard InChI is InChI=1S/C24H28F2N4O4/c1-13(2)10-28-7-6-14(3)30-19(28)12-29-11-17(21(31)22(32)20(29)24(30)34)23(33)27-9-15-4-5-16(25)8-18(15)26/h4-5,8,11,13-14,19,32H,6-7,9-10,12H2,1-3H3,(H,27,33)/t14-,19-/m0/s1. The smallest absolute Gasteiger partial charge is 0.276 e. The highest BCUT2D eigenvalue weighted by Crippen LogP contribution is 2.31. The van der Waals surface area contributed by atoms with Crippen molar-refractivity contribution in [2.24, 2.45) is 5.92 Å². The first-order valence-electron chi connectivity index (χ1n) is 11.3. The maximum absolute atomic E-state index is 13.9. The number of carbonyl (C=O) groups is 2. The zero-order valence-electron chi connectivity index (χ0n) is 19.3. The summed E-state index contributed by atoms with van der Waals surface area (Å²) in [6.07, 6.45) is 1.79. The van der Waals surface area contributed by atoms with Crippen LogP contribution in [0.2, 0.25) is 0 Å². The molecule has 0 bridgehead atoms. The number of pyridine rings is 1. The summed E-state index contributed by atoms with van der Waals surface area (Å²) in [7, 11) is 0. The van der Waals surface area contributed by atoms with Crippen LogP contribution in [0.4, 0.5) is 8.78 Å². The molecular weight excluding hydrogens is 446 g/mol. The lowest BCUT2D eigenvalue weighted by molar-refractivity contribution is -0.0366. The van der Waals surface area contributed by atoms with Crippen LogP contribution < -0.4 is 10.7 Å². The average Bonchev–Trinajstić information content (AvgIpc) is 2.76. The molecule has 10 heteroatoms. The quantitative estimate of drug-likeness (QED) is 0.694. The molecule has 2 amide bonds. The fourth-order valence-electron chi connectivity index (χ4n) is 4.75. The van der Waals surface area contributed by atoms with Crippen LogP contribution in [0, 0.1) is 17.6 Å². The van der Waals surface area contributed by atoms with Gasteiger partial charge in [-0.25, -0.2) is 8.78 Å². The number of hydrogen-bond acceptors (Lipinski definition) is 5. The molecule has 1 saturated heterocycles. The second-order valence-corrected chi connectivity index (χ2v) is 9.36. The highest BCUT2D eigenvalue weighted by atomic mass is 19.1. The average molecular weight is 475 g/mol. The summed E-state index contributed by atoms with van der Waals surface area (Å²) in [5.41, 5.74) is -1.42. The van der Waals surface area contributed by atoms with Crippen LogP contribution in [-0.2, 0) is 13.1 Å². The Bertz CT molecular complexity index is 1200. The number of hydrogen-bond donors (Lipinski definition) is 2. The molecule has 2 aliphatic rings. The van der Waals surface area contributed by atoms with E-state index in [0.717, 1.165) is 25.6 Å². The van der Waals surface area contributed by atoms with Gasteiger partial charge < -0.3 is 19.9 Å². The molecule has 0 unspecified atom stereocenters. The lowest BCUT2D eigenvalue weighted by Gasteiger charge is -2.50. The van der Waals surface area contributed by atoms with E-state index in [0.29, 0.717) is 18.5 Å². The normalized spacial score (nSPS) is 20.3. The van der Waals surface area contributed by atoms with Gasteiger partial charge in [-0.2, -0.15) is 0 Å². The minimum Gasteiger partial charge on any atom is -0.503 e. The minimum absolute atomic E-state index is 0.0448. The van der Waals surface area contributed by atoms with Crippen LogP contribution in [0.15, 0.2) is 29.2 Å². The summed E-state index contributed by atoms with van der Waals surface area (Å²) in [4.78, 5) is 42.8. The molecule has 0 spiro atoms. The van der Waals surface area contributed by atoms with Crippen molar-refractivity contribution < 1.29 is 23.5 Å². The van der Waals surface area contributed by atoms with Gasteiger partial charge in [0.25, 0.3) is 11.8 Å². The number of nitrogens with zero attached hydrogens (tertiary/aromatic N) is 3. The second kappa shape index (κ2) is 9.17. The fourth-order valence-corrected chi connectivity index (χ4v) is 4.75. The van der Waals surface area contributed by atoms with Crippen LogP contribution in [0.1, 0.15) is 53.6 Å². The Morgan fingerprint density at radius 1 is 1.26 bits per heavy atom. The van der Waals surface area contributed by atoms with Gasteiger partial charge in [-0.3, -0.25) is 19.3 Å². The lowest BCUT2D eigenvalue weighted by Crippen LogP contribution is -2.64. The van der Waals surface area contributed by atoms with E-state index in [-0.39, 0.29) is 35.6 Å². The van der Waals surface area contributed by atoms with E-state index < -0.39 is 34.6 Å². The van der Waals surface area contributed by atoms with Gasteiger partial charge in [0.15, 0.2) is 11.4 Å². The van der Waals surface area contributed by atoms with Crippen molar-refractivity contribution >= 4 is 11.8 Å². The van der Waals surface area contributed by atoms with Crippen molar-refractivity contribution in [1.82, 2.24) is 19.7 Å². The molecule has 2 aromatic rings. The van der Waals surface area contributed by atoms with Crippen molar-refractivity contribution in [3.63, 3.8) is 0 Å². The van der Waals surface area contributed by atoms with E-state index in [2.05, 4.69) is 24.1 Å². The summed E-state index contributed by atoms with van der Waals surface area (Å²) < 4.78 is 28.5. The van der Waals surface area contributed by atoms with E-state index >= 15 is 0 Å². The molecule has 34 heavy (non-hydrogen) atoms.